The average molecular weight is 1660 g/mol. The van der Waals surface area contributed by atoms with E-state index in [0.717, 1.165) is 185 Å². The summed E-state index contributed by atoms with van der Waals surface area (Å²) in [4.78, 5) is 35.7. The van der Waals surface area contributed by atoms with Crippen LogP contribution >= 0.6 is 34.8 Å². The Bertz CT molecular complexity index is 5900. The van der Waals surface area contributed by atoms with E-state index in [1.807, 2.05) is 61.1 Å². The maximum atomic E-state index is 12.6. The van der Waals surface area contributed by atoms with Crippen molar-refractivity contribution in [3.63, 3.8) is 0 Å². The van der Waals surface area contributed by atoms with Gasteiger partial charge in [0.15, 0.2) is 64.7 Å². The lowest BCUT2D eigenvalue weighted by Gasteiger charge is -2.58. The third kappa shape index (κ3) is 10.8. The van der Waals surface area contributed by atoms with Gasteiger partial charge in [0.2, 0.25) is 0 Å². The highest BCUT2D eigenvalue weighted by atomic mass is 35.5. The van der Waals surface area contributed by atoms with Gasteiger partial charge in [0, 0.05) is 131 Å². The lowest BCUT2D eigenvalue weighted by atomic mass is 9.51. The zero-order chi connectivity index (χ0) is 80.0. The predicted molar refractivity (Wildman–Crippen MR) is 467 cm³/mol. The van der Waals surface area contributed by atoms with Crippen molar-refractivity contribution in [2.45, 2.75) is 181 Å². The molecule has 10 aromatic rings. The number of aromatic nitrogens is 3. The van der Waals surface area contributed by atoms with Crippen LogP contribution in [0.3, 0.4) is 0 Å². The van der Waals surface area contributed by atoms with Gasteiger partial charge in [0.25, 0.3) is 0 Å². The van der Waals surface area contributed by atoms with Crippen LogP contribution < -0.4 is 38.5 Å². The molecule has 4 saturated heterocycles. The van der Waals surface area contributed by atoms with Gasteiger partial charge in [-0.15, -0.1) is 0 Å². The van der Waals surface area contributed by atoms with Crippen LogP contribution in [0.4, 0.5) is 0 Å². The van der Waals surface area contributed by atoms with E-state index < -0.39 is 0 Å². The van der Waals surface area contributed by atoms with Crippen molar-refractivity contribution in [2.24, 2.45) is 29.6 Å². The minimum Gasteiger partial charge on any atom is -0.493 e. The topological polar surface area (TPSA) is 142 Å². The van der Waals surface area contributed by atoms with Crippen molar-refractivity contribution in [1.82, 2.24) is 35.0 Å². The van der Waals surface area contributed by atoms with Gasteiger partial charge in [-0.25, -0.2) is 0 Å². The molecule has 27 rings (SSSR count). The molecule has 6 fully saturated rings. The number of hydrogen-bond donors (Lipinski definition) is 1. The fourth-order valence-electron chi connectivity index (χ4n) is 27.2. The Kier molecular flexibility index (Phi) is 17.7. The quantitative estimate of drug-likeness (QED) is 0.154. The van der Waals surface area contributed by atoms with Gasteiger partial charge in [-0.05, 0) is 301 Å². The van der Waals surface area contributed by atoms with Crippen molar-refractivity contribution < 1.29 is 38.0 Å². The molecule has 16 atom stereocenters. The fourth-order valence-corrected chi connectivity index (χ4v) is 27.6. The molecule has 9 aliphatic carbocycles. The number of hydrogen-bond acceptors (Lipinski definition) is 15. The van der Waals surface area contributed by atoms with Crippen LogP contribution in [0.25, 0.3) is 33.4 Å². The van der Waals surface area contributed by atoms with Crippen molar-refractivity contribution in [3.05, 3.63) is 257 Å². The second-order valence-electron chi connectivity index (χ2n) is 37.6. The van der Waals surface area contributed by atoms with Crippen LogP contribution in [0.2, 0.25) is 15.1 Å². The molecule has 120 heavy (non-hydrogen) atoms. The number of pyridine rings is 3. The van der Waals surface area contributed by atoms with Crippen LogP contribution in [0, 0.1) is 36.5 Å². The first-order valence-electron chi connectivity index (χ1n) is 43.6. The molecule has 7 aromatic carbocycles. The predicted octanol–water partition coefficient (Wildman–Crippen LogP) is 19.0. The van der Waals surface area contributed by atoms with Crippen molar-refractivity contribution in [3.8, 4) is 73.6 Å². The molecule has 8 aliphatic heterocycles. The van der Waals surface area contributed by atoms with Gasteiger partial charge < -0.3 is 48.3 Å². The lowest BCUT2D eigenvalue weighted by Crippen LogP contribution is -2.65. The minimum absolute atomic E-state index is 0. The summed E-state index contributed by atoms with van der Waals surface area (Å²) >= 11 is 18.3. The maximum Gasteiger partial charge on any atom is 0.174 e. The van der Waals surface area contributed by atoms with E-state index in [9.17, 15) is 4.79 Å². The molecule has 1 N–H and O–H groups in total. The average Bonchev–Trinajstić information content (AvgIpc) is 1.50. The molecule has 8 bridgehead atoms. The molecule has 0 amide bonds. The molecule has 4 unspecified atom stereocenters. The van der Waals surface area contributed by atoms with Gasteiger partial charge in [-0.3, -0.25) is 24.6 Å². The standard InChI is InChI=1S/C30H29ClN2O.C27H25ClN2O2.C26H23ClN2O2.C18H21NO3.CH4/c1-17-2-5-20-14-25-24-13-21-12-22(19-6-8-23(31)9-7-19)15-32-27(21)29-30(24,26(20)28(17)34-29)10-11-33(25)16-18-3-4-18;1-30-10-9-27-20-12-17-11-18(15-3-6-19(28)7-4-15)14-29-24(17)26(27)32-25-22(31-2)8-5-16(23(25)27)13-21(20)30;1-30-21-7-4-15-12-20-19-11-16-10-17(14-2-5-18(27)6-3-14)13-29-23(16)25-26(19,8-9-28-20)22(15)24(21)31-25;1-19-8-7-18-11-4-5-13(20)17(18)22-16-14(21-2)6-3-10(15(16)18)9-12(11)19;/h2,5-9,12,15,18,24-25,29H,3-4,10-11,13-14,16H2,1H3;3-8,11,14,20-21,26H,9-10,12-13H2,1-2H3;2-7,10,13,19-20,25,28H,8-9,11-12H2,1H3;3,6,11-12,17H,4-5,7-9H2,1-2H3;1H4/t24-,25?,29-,30-;20-,21?,26-,27-;19-,20?,25-,26-;11-,12?,17-,18-;/m0000./s1. The molecule has 614 valence electrons. The number of nitrogens with one attached hydrogen (secondary N) is 1. The number of likely N-dealkylation sites (N-methyl/N-ethyl adjacent to an activating group) is 2. The number of rotatable bonds is 8. The molecule has 15 nitrogen and oxygen atoms in total. The molecular weight excluding hydrogens is 1560 g/mol. The monoisotopic (exact) mass is 1660 g/mol. The third-order valence-electron chi connectivity index (χ3n) is 32.6. The van der Waals surface area contributed by atoms with E-state index in [4.69, 9.17) is 82.9 Å². The van der Waals surface area contributed by atoms with E-state index in [1.54, 1.807) is 26.9 Å². The highest BCUT2D eigenvalue weighted by Gasteiger charge is 2.70. The number of halogens is 3. The van der Waals surface area contributed by atoms with Crippen LogP contribution in [-0.4, -0.2) is 134 Å². The Labute approximate surface area is 718 Å². The highest BCUT2D eigenvalue weighted by molar-refractivity contribution is 6.31. The van der Waals surface area contributed by atoms with E-state index in [0.29, 0.717) is 54.3 Å². The molecule has 11 heterocycles. The number of benzene rings is 7. The van der Waals surface area contributed by atoms with Gasteiger partial charge in [0.05, 0.1) is 38.4 Å². The Morgan fingerprint density at radius 1 is 0.425 bits per heavy atom. The second-order valence-corrected chi connectivity index (χ2v) is 38.9. The summed E-state index contributed by atoms with van der Waals surface area (Å²) < 4.78 is 43.7. The van der Waals surface area contributed by atoms with E-state index in [2.05, 4.69) is 138 Å². The normalized spacial score (nSPS) is 31.0. The number of ether oxygens (including phenoxy) is 7. The number of ketones is 1. The minimum atomic E-state index is -0.284. The first kappa shape index (κ1) is 75.9. The largest absolute Gasteiger partial charge is 0.493 e. The Morgan fingerprint density at radius 2 is 0.817 bits per heavy atom. The molecule has 3 aromatic heterocycles. The van der Waals surface area contributed by atoms with E-state index in [-0.39, 0.29) is 59.3 Å². The lowest BCUT2D eigenvalue weighted by molar-refractivity contribution is -0.138. The van der Waals surface area contributed by atoms with Crippen LogP contribution in [-0.2, 0) is 71.4 Å². The number of aryl methyl sites for hydroxylation is 1. The molecule has 17 aliphatic rings. The summed E-state index contributed by atoms with van der Waals surface area (Å²) in [6.45, 7) is 7.86. The van der Waals surface area contributed by atoms with Crippen LogP contribution in [0.15, 0.2) is 158 Å². The Hall–Kier alpha value is -9.03. The highest BCUT2D eigenvalue weighted by Crippen LogP contribution is 2.71. The molecular formula is C102H102Cl3N7O8. The van der Waals surface area contributed by atoms with Gasteiger partial charge >= 0.3 is 0 Å². The Morgan fingerprint density at radius 3 is 1.29 bits per heavy atom. The van der Waals surface area contributed by atoms with Crippen molar-refractivity contribution in [1.29, 1.82) is 0 Å². The molecule has 2 saturated carbocycles. The smallest absolute Gasteiger partial charge is 0.174 e. The summed E-state index contributed by atoms with van der Waals surface area (Å²) in [5.74, 6) is 9.76. The number of likely N-dealkylation sites (tertiary alicyclic amines) is 3. The Balaban J connectivity index is 0.0000000941. The molecule has 0 radical (unpaired) electrons. The second kappa shape index (κ2) is 28.0. The van der Waals surface area contributed by atoms with E-state index in [1.165, 1.54) is 110 Å². The fraction of sp³-hybridized carbons (Fsp3) is 0.431. The zero-order valence-corrected chi connectivity index (χ0v) is 70.5. The van der Waals surface area contributed by atoms with Gasteiger partial charge in [0.1, 0.15) is 5.75 Å². The maximum absolute atomic E-state index is 12.6. The van der Waals surface area contributed by atoms with Crippen LogP contribution in [0.1, 0.15) is 161 Å². The first-order chi connectivity index (χ1) is 58.1. The summed E-state index contributed by atoms with van der Waals surface area (Å²) in [5, 5.41) is 6.09. The van der Waals surface area contributed by atoms with Crippen molar-refractivity contribution in [2.75, 3.05) is 68.1 Å². The first-order valence-corrected chi connectivity index (χ1v) is 44.8. The molecule has 4 spiro atoms. The van der Waals surface area contributed by atoms with Gasteiger partial charge in [-0.2, -0.15) is 0 Å². The number of nitrogens with zero attached hydrogens (tertiary/aromatic N) is 6. The van der Waals surface area contributed by atoms with Crippen LogP contribution in [0.5, 0.6) is 40.2 Å². The summed E-state index contributed by atoms with van der Waals surface area (Å²) in [7, 11) is 9.67. The summed E-state index contributed by atoms with van der Waals surface area (Å²) in [6, 6.07) is 50.8. The number of methoxy groups -OCH3 is 3. The number of carbonyl (C=O) groups is 1. The van der Waals surface area contributed by atoms with Gasteiger partial charge in [-0.1, -0.05) is 109 Å². The number of carbonyl (C=O) groups excluding carboxylic acids is 1. The number of Topliss-reactive ketones (excluding diaryl/α,β-unsaturated/α-hetero) is 1. The summed E-state index contributed by atoms with van der Waals surface area (Å²) in [5.41, 5.74) is 26.9. The number of piperidine rings is 4. The summed E-state index contributed by atoms with van der Waals surface area (Å²) in [6.07, 6.45) is 22.1. The SMILES string of the molecule is C.COc1ccc2c3c1O[C@H]1C(=O)CC[C@H]4C(C2)N(C)CC[C@]314.COc1ccc2c3c1O[C@H]1c4ncc(-c5ccc(Cl)cc5)cc4C[C@H]4C(C2)N(C)CC[C@]314.COc1ccc2c3c1O[C@H]1c4ncc(-c5ccc(Cl)cc5)cc4C[C@H]4C(C2)NCC[C@]314.Cc1ccc2c3c1O[C@H]1c4ncc(-c5ccc(Cl)cc5)cc4C[C@H]4C(C2)N(CC2CC2)CC[C@]314. The van der Waals surface area contributed by atoms with Crippen molar-refractivity contribution >= 4 is 40.6 Å². The van der Waals surface area contributed by atoms with E-state index >= 15 is 0 Å². The third-order valence-corrected chi connectivity index (χ3v) is 33.3. The molecule has 18 heteroatoms. The number of fused-ring (bicyclic) bond motifs is 6. The zero-order valence-electron chi connectivity index (χ0n) is 68.2.